The maximum Gasteiger partial charge on any atom is 0.123 e. The molecule has 0 saturated heterocycles. The molecule has 3 rings (SSSR count). The largest absolute Gasteiger partial charge is 0.384 e. The standard InChI is InChI=1S/C17H17N3/c1-11(2)16-14(8-9-15(18)20-16)13-7-3-5-12-6-4-10-19-17(12)13/h3-11H,1-2H3,(H2,18,20). The van der Waals surface area contributed by atoms with Gasteiger partial charge >= 0.3 is 0 Å². The second-order valence-electron chi connectivity index (χ2n) is 5.20. The molecule has 0 aliphatic rings. The fraction of sp³-hybridized carbons (Fsp3) is 0.176. The topological polar surface area (TPSA) is 51.8 Å². The van der Waals surface area contributed by atoms with Crippen LogP contribution >= 0.6 is 0 Å². The number of fused-ring (bicyclic) bond motifs is 1. The van der Waals surface area contributed by atoms with Crippen molar-refractivity contribution < 1.29 is 0 Å². The summed E-state index contributed by atoms with van der Waals surface area (Å²) in [6, 6.07) is 14.1. The number of anilines is 1. The summed E-state index contributed by atoms with van der Waals surface area (Å²) in [6.45, 7) is 4.26. The highest BCUT2D eigenvalue weighted by Gasteiger charge is 2.13. The summed E-state index contributed by atoms with van der Waals surface area (Å²) < 4.78 is 0. The number of hydrogen-bond donors (Lipinski definition) is 1. The van der Waals surface area contributed by atoms with E-state index in [2.05, 4.69) is 48.1 Å². The second-order valence-corrected chi connectivity index (χ2v) is 5.20. The summed E-state index contributed by atoms with van der Waals surface area (Å²) in [6.07, 6.45) is 1.83. The van der Waals surface area contributed by atoms with Crippen LogP contribution in [0.1, 0.15) is 25.5 Å². The zero-order valence-electron chi connectivity index (χ0n) is 11.7. The van der Waals surface area contributed by atoms with Crippen LogP contribution in [0.15, 0.2) is 48.7 Å². The number of aromatic nitrogens is 2. The first kappa shape index (κ1) is 12.6. The first-order valence-electron chi connectivity index (χ1n) is 6.77. The summed E-state index contributed by atoms with van der Waals surface area (Å²) in [7, 11) is 0. The van der Waals surface area contributed by atoms with Gasteiger partial charge in [-0.2, -0.15) is 0 Å². The Balaban J connectivity index is 2.31. The number of nitrogens with zero attached hydrogens (tertiary/aromatic N) is 2. The van der Waals surface area contributed by atoms with Gasteiger partial charge in [0.05, 0.1) is 11.2 Å². The van der Waals surface area contributed by atoms with Crippen molar-refractivity contribution in [1.82, 2.24) is 9.97 Å². The lowest BCUT2D eigenvalue weighted by Crippen LogP contribution is -2.01. The number of para-hydroxylation sites is 1. The average Bonchev–Trinajstić information content (AvgIpc) is 2.46. The number of rotatable bonds is 2. The quantitative estimate of drug-likeness (QED) is 0.760. The van der Waals surface area contributed by atoms with Gasteiger partial charge in [0.2, 0.25) is 0 Å². The monoisotopic (exact) mass is 263 g/mol. The minimum absolute atomic E-state index is 0.312. The van der Waals surface area contributed by atoms with E-state index in [1.54, 1.807) is 0 Å². The van der Waals surface area contributed by atoms with Gasteiger partial charge < -0.3 is 5.73 Å². The van der Waals surface area contributed by atoms with E-state index in [0.717, 1.165) is 27.7 Å². The van der Waals surface area contributed by atoms with Gasteiger partial charge in [-0.05, 0) is 24.1 Å². The van der Waals surface area contributed by atoms with Gasteiger partial charge in [0, 0.05) is 22.7 Å². The van der Waals surface area contributed by atoms with Gasteiger partial charge in [0.1, 0.15) is 5.82 Å². The molecule has 100 valence electrons. The molecule has 3 heteroatoms. The van der Waals surface area contributed by atoms with Crippen LogP contribution in [0.5, 0.6) is 0 Å². The van der Waals surface area contributed by atoms with E-state index in [0.29, 0.717) is 11.7 Å². The van der Waals surface area contributed by atoms with Gasteiger partial charge in [-0.15, -0.1) is 0 Å². The van der Waals surface area contributed by atoms with Crippen LogP contribution in [-0.2, 0) is 0 Å². The lowest BCUT2D eigenvalue weighted by Gasteiger charge is -2.14. The highest BCUT2D eigenvalue weighted by atomic mass is 14.8. The third-order valence-corrected chi connectivity index (χ3v) is 3.42. The molecule has 0 saturated carbocycles. The molecular weight excluding hydrogens is 246 g/mol. The van der Waals surface area contributed by atoms with Gasteiger partial charge in [0.25, 0.3) is 0 Å². The first-order valence-corrected chi connectivity index (χ1v) is 6.77. The van der Waals surface area contributed by atoms with Crippen molar-refractivity contribution in [1.29, 1.82) is 0 Å². The minimum atomic E-state index is 0.312. The average molecular weight is 263 g/mol. The molecule has 2 N–H and O–H groups in total. The summed E-state index contributed by atoms with van der Waals surface area (Å²) >= 11 is 0. The third-order valence-electron chi connectivity index (χ3n) is 3.42. The van der Waals surface area contributed by atoms with E-state index in [9.17, 15) is 0 Å². The maximum atomic E-state index is 5.83. The minimum Gasteiger partial charge on any atom is -0.384 e. The molecule has 20 heavy (non-hydrogen) atoms. The highest BCUT2D eigenvalue weighted by molar-refractivity contribution is 5.94. The molecule has 0 amide bonds. The number of nitrogens with two attached hydrogens (primary N) is 1. The van der Waals surface area contributed by atoms with Crippen LogP contribution in [0.4, 0.5) is 5.82 Å². The number of nitrogen functional groups attached to an aromatic ring is 1. The Morgan fingerprint density at radius 3 is 2.55 bits per heavy atom. The second kappa shape index (κ2) is 4.93. The number of benzene rings is 1. The van der Waals surface area contributed by atoms with Crippen molar-refractivity contribution >= 4 is 16.7 Å². The SMILES string of the molecule is CC(C)c1nc(N)ccc1-c1cccc2cccnc12. The molecule has 3 aromatic rings. The Hall–Kier alpha value is -2.42. The fourth-order valence-electron chi connectivity index (χ4n) is 2.48. The Labute approximate surface area is 118 Å². The molecule has 0 aliphatic heterocycles. The van der Waals surface area contributed by atoms with Crippen LogP contribution < -0.4 is 5.73 Å². The first-order chi connectivity index (χ1) is 9.66. The zero-order valence-corrected chi connectivity index (χ0v) is 11.7. The van der Waals surface area contributed by atoms with Crippen LogP contribution in [0.2, 0.25) is 0 Å². The van der Waals surface area contributed by atoms with E-state index < -0.39 is 0 Å². The van der Waals surface area contributed by atoms with Gasteiger partial charge in [-0.1, -0.05) is 38.1 Å². The van der Waals surface area contributed by atoms with E-state index in [1.165, 1.54) is 0 Å². The van der Waals surface area contributed by atoms with Gasteiger partial charge in [-0.25, -0.2) is 4.98 Å². The van der Waals surface area contributed by atoms with Crippen LogP contribution in [-0.4, -0.2) is 9.97 Å². The molecule has 0 atom stereocenters. The number of pyridine rings is 2. The van der Waals surface area contributed by atoms with E-state index in [4.69, 9.17) is 5.73 Å². The number of hydrogen-bond acceptors (Lipinski definition) is 3. The van der Waals surface area contributed by atoms with Crippen molar-refractivity contribution in [3.8, 4) is 11.1 Å². The molecule has 0 spiro atoms. The van der Waals surface area contributed by atoms with Crippen molar-refractivity contribution in [3.63, 3.8) is 0 Å². The lowest BCUT2D eigenvalue weighted by atomic mass is 9.95. The van der Waals surface area contributed by atoms with Crippen molar-refractivity contribution in [2.24, 2.45) is 0 Å². The molecule has 0 unspecified atom stereocenters. The molecule has 2 aromatic heterocycles. The Kier molecular flexibility index (Phi) is 3.11. The molecular formula is C17H17N3. The van der Waals surface area contributed by atoms with E-state index >= 15 is 0 Å². The molecule has 2 heterocycles. The smallest absolute Gasteiger partial charge is 0.123 e. The Morgan fingerprint density at radius 2 is 1.75 bits per heavy atom. The van der Waals surface area contributed by atoms with Crippen LogP contribution in [0, 0.1) is 0 Å². The van der Waals surface area contributed by atoms with Gasteiger partial charge in [-0.3, -0.25) is 4.98 Å². The molecule has 3 nitrogen and oxygen atoms in total. The van der Waals surface area contributed by atoms with Crippen molar-refractivity contribution in [2.45, 2.75) is 19.8 Å². The maximum absolute atomic E-state index is 5.83. The van der Waals surface area contributed by atoms with E-state index in [1.807, 2.05) is 24.4 Å². The summed E-state index contributed by atoms with van der Waals surface area (Å²) in [4.78, 5) is 9.03. The highest BCUT2D eigenvalue weighted by Crippen LogP contribution is 2.32. The predicted molar refractivity (Wildman–Crippen MR) is 83.5 cm³/mol. The normalized spacial score (nSPS) is 11.2. The van der Waals surface area contributed by atoms with Crippen molar-refractivity contribution in [3.05, 3.63) is 54.4 Å². The molecule has 1 aromatic carbocycles. The molecule has 0 radical (unpaired) electrons. The zero-order chi connectivity index (χ0) is 14.1. The summed E-state index contributed by atoms with van der Waals surface area (Å²) in [5.41, 5.74) is 10.1. The Bertz CT molecular complexity index is 758. The van der Waals surface area contributed by atoms with Gasteiger partial charge in [0.15, 0.2) is 0 Å². The summed E-state index contributed by atoms with van der Waals surface area (Å²) in [5.74, 6) is 0.873. The predicted octanol–water partition coefficient (Wildman–Crippen LogP) is 4.00. The summed E-state index contributed by atoms with van der Waals surface area (Å²) in [5, 5.41) is 1.14. The van der Waals surface area contributed by atoms with Crippen LogP contribution in [0.3, 0.4) is 0 Å². The molecule has 0 aliphatic carbocycles. The third kappa shape index (κ3) is 2.11. The van der Waals surface area contributed by atoms with Crippen molar-refractivity contribution in [2.75, 3.05) is 5.73 Å². The Morgan fingerprint density at radius 1 is 0.950 bits per heavy atom. The van der Waals surface area contributed by atoms with Crippen LogP contribution in [0.25, 0.3) is 22.0 Å². The van der Waals surface area contributed by atoms with E-state index in [-0.39, 0.29) is 0 Å². The molecule has 0 fully saturated rings. The lowest BCUT2D eigenvalue weighted by molar-refractivity contribution is 0.828. The fourth-order valence-corrected chi connectivity index (χ4v) is 2.48. The molecule has 0 bridgehead atoms.